The van der Waals surface area contributed by atoms with Crippen molar-refractivity contribution in [1.29, 1.82) is 0 Å². The Hall–Kier alpha value is -0.570. The first-order chi connectivity index (χ1) is 5.40. The Morgan fingerprint density at radius 1 is 1.67 bits per heavy atom. The molecule has 0 radical (unpaired) electrons. The molecule has 68 valence electrons. The Morgan fingerprint density at radius 3 is 2.67 bits per heavy atom. The molecule has 1 fully saturated rings. The van der Waals surface area contributed by atoms with Crippen molar-refractivity contribution in [3.05, 3.63) is 0 Å². The Morgan fingerprint density at radius 2 is 2.25 bits per heavy atom. The predicted octanol–water partition coefficient (Wildman–Crippen LogP) is 0.306. The number of hydrogen-bond donors (Lipinski definition) is 0. The maximum absolute atomic E-state index is 10.8. The normalized spacial score (nSPS) is 40.2. The first-order valence-electron chi connectivity index (χ1n) is 3.45. The quantitative estimate of drug-likeness (QED) is 0.516. The smallest absolute Gasteiger partial charge is 0.246 e. The summed E-state index contributed by atoms with van der Waals surface area (Å²) in [5.74, 6) is 2.45. The van der Waals surface area contributed by atoms with E-state index in [0.29, 0.717) is 0 Å². The molecule has 0 saturated carbocycles. The molecule has 4 nitrogen and oxygen atoms in total. The lowest BCUT2D eigenvalue weighted by atomic mass is 9.87. The van der Waals surface area contributed by atoms with E-state index in [0.717, 1.165) is 0 Å². The van der Waals surface area contributed by atoms with Crippen molar-refractivity contribution >= 4 is 10.4 Å². The van der Waals surface area contributed by atoms with Crippen LogP contribution in [0.5, 0.6) is 0 Å². The molecule has 0 aromatic rings. The fourth-order valence-electron chi connectivity index (χ4n) is 0.782. The van der Waals surface area contributed by atoms with E-state index in [4.69, 9.17) is 6.42 Å². The second-order valence-electron chi connectivity index (χ2n) is 2.97. The molecule has 0 amide bonds. The second-order valence-corrected chi connectivity index (χ2v) is 4.22. The van der Waals surface area contributed by atoms with E-state index >= 15 is 0 Å². The fourth-order valence-corrected chi connectivity index (χ4v) is 1.79. The summed E-state index contributed by atoms with van der Waals surface area (Å²) in [6.45, 7) is 3.30. The van der Waals surface area contributed by atoms with Crippen LogP contribution < -0.4 is 0 Å². The van der Waals surface area contributed by atoms with Gasteiger partial charge in [-0.05, 0) is 13.8 Å². The van der Waals surface area contributed by atoms with E-state index in [1.165, 1.54) is 0 Å². The molecule has 0 aromatic carbocycles. The van der Waals surface area contributed by atoms with Gasteiger partial charge in [-0.3, -0.25) is 0 Å². The highest BCUT2D eigenvalue weighted by Crippen LogP contribution is 2.30. The second kappa shape index (κ2) is 2.73. The van der Waals surface area contributed by atoms with Gasteiger partial charge in [-0.1, -0.05) is 5.92 Å². The summed E-state index contributed by atoms with van der Waals surface area (Å²) >= 11 is 0. The SMILES string of the molecule is C#CC1(C)COS(=O)(=O)OC1C. The molecule has 0 bridgehead atoms. The molecule has 2 unspecified atom stereocenters. The molecule has 1 rings (SSSR count). The molecule has 5 heteroatoms. The van der Waals surface area contributed by atoms with Crippen LogP contribution in [0.25, 0.3) is 0 Å². The third-order valence-electron chi connectivity index (χ3n) is 1.99. The van der Waals surface area contributed by atoms with Gasteiger partial charge in [0.2, 0.25) is 0 Å². The first-order valence-corrected chi connectivity index (χ1v) is 4.78. The molecule has 2 atom stereocenters. The lowest BCUT2D eigenvalue weighted by Crippen LogP contribution is -2.42. The molecule has 0 spiro atoms. The molecule has 0 aromatic heterocycles. The van der Waals surface area contributed by atoms with Gasteiger partial charge in [0.05, 0.1) is 18.1 Å². The van der Waals surface area contributed by atoms with Crippen LogP contribution in [0.4, 0.5) is 0 Å². The van der Waals surface area contributed by atoms with Gasteiger partial charge < -0.3 is 0 Å². The monoisotopic (exact) mass is 190 g/mol. The van der Waals surface area contributed by atoms with E-state index in [1.54, 1.807) is 13.8 Å². The number of rotatable bonds is 0. The van der Waals surface area contributed by atoms with Crippen molar-refractivity contribution in [2.75, 3.05) is 6.61 Å². The Kier molecular flexibility index (Phi) is 2.17. The zero-order valence-electron chi connectivity index (χ0n) is 6.90. The molecule has 1 saturated heterocycles. The molecule has 0 N–H and O–H groups in total. The minimum Gasteiger partial charge on any atom is -0.246 e. The van der Waals surface area contributed by atoms with E-state index < -0.39 is 21.9 Å². The highest BCUT2D eigenvalue weighted by Gasteiger charge is 2.40. The molecular weight excluding hydrogens is 180 g/mol. The van der Waals surface area contributed by atoms with Gasteiger partial charge in [-0.15, -0.1) is 6.42 Å². The predicted molar refractivity (Wildman–Crippen MR) is 42.4 cm³/mol. The maximum atomic E-state index is 10.8. The lowest BCUT2D eigenvalue weighted by Gasteiger charge is -2.33. The summed E-state index contributed by atoms with van der Waals surface area (Å²) < 4.78 is 30.5. The van der Waals surface area contributed by atoms with Crippen molar-refractivity contribution in [2.45, 2.75) is 20.0 Å². The van der Waals surface area contributed by atoms with Crippen LogP contribution >= 0.6 is 0 Å². The van der Waals surface area contributed by atoms with Crippen molar-refractivity contribution in [2.24, 2.45) is 5.41 Å². The van der Waals surface area contributed by atoms with E-state index in [1.807, 2.05) is 0 Å². The van der Waals surface area contributed by atoms with Crippen LogP contribution in [-0.4, -0.2) is 21.1 Å². The summed E-state index contributed by atoms with van der Waals surface area (Å²) in [6.07, 6.45) is 4.67. The lowest BCUT2D eigenvalue weighted by molar-refractivity contribution is 0.0171. The maximum Gasteiger partial charge on any atom is 0.400 e. The van der Waals surface area contributed by atoms with Gasteiger partial charge in [0.1, 0.15) is 0 Å². The summed E-state index contributed by atoms with van der Waals surface area (Å²) in [5, 5.41) is 0. The largest absolute Gasteiger partial charge is 0.400 e. The van der Waals surface area contributed by atoms with Gasteiger partial charge in [0.15, 0.2) is 0 Å². The highest BCUT2D eigenvalue weighted by molar-refractivity contribution is 7.81. The molecular formula is C7H10O4S. The van der Waals surface area contributed by atoms with Crippen LogP contribution in [-0.2, 0) is 18.8 Å². The summed E-state index contributed by atoms with van der Waals surface area (Å²) in [7, 11) is -3.81. The summed E-state index contributed by atoms with van der Waals surface area (Å²) in [4.78, 5) is 0. The van der Waals surface area contributed by atoms with E-state index in [-0.39, 0.29) is 6.61 Å². The average molecular weight is 190 g/mol. The Bertz CT molecular complexity index is 313. The Balaban J connectivity index is 2.88. The Labute approximate surface area is 72.2 Å². The van der Waals surface area contributed by atoms with E-state index in [2.05, 4.69) is 14.3 Å². The standard InChI is InChI=1S/C7H10O4S/c1-4-7(3)5-10-12(8,9)11-6(7)2/h1,6H,5H2,2-3H3. The molecule has 1 heterocycles. The van der Waals surface area contributed by atoms with Crippen molar-refractivity contribution in [3.63, 3.8) is 0 Å². The molecule has 1 aliphatic rings. The summed E-state index contributed by atoms with van der Waals surface area (Å²) in [6, 6.07) is 0. The van der Waals surface area contributed by atoms with Crippen LogP contribution in [0.3, 0.4) is 0 Å². The van der Waals surface area contributed by atoms with Crippen LogP contribution in [0.1, 0.15) is 13.8 Å². The van der Waals surface area contributed by atoms with E-state index in [9.17, 15) is 8.42 Å². The summed E-state index contributed by atoms with van der Waals surface area (Å²) in [5.41, 5.74) is -0.661. The zero-order valence-corrected chi connectivity index (χ0v) is 7.72. The number of terminal acetylenes is 1. The molecule has 1 aliphatic heterocycles. The molecule has 0 aliphatic carbocycles. The average Bonchev–Trinajstić information content (AvgIpc) is 1.97. The van der Waals surface area contributed by atoms with Gasteiger partial charge >= 0.3 is 10.4 Å². The first kappa shape index (κ1) is 9.52. The third kappa shape index (κ3) is 1.61. The van der Waals surface area contributed by atoms with Crippen molar-refractivity contribution in [3.8, 4) is 12.3 Å². The van der Waals surface area contributed by atoms with Crippen LogP contribution in [0.2, 0.25) is 0 Å². The third-order valence-corrected chi connectivity index (χ3v) is 2.92. The number of hydrogen-bond acceptors (Lipinski definition) is 4. The van der Waals surface area contributed by atoms with Gasteiger partial charge in [0, 0.05) is 0 Å². The minimum absolute atomic E-state index is 0.0208. The zero-order chi connectivity index (χ0) is 9.41. The van der Waals surface area contributed by atoms with Gasteiger partial charge in [-0.25, -0.2) is 8.37 Å². The topological polar surface area (TPSA) is 52.6 Å². The van der Waals surface area contributed by atoms with Gasteiger partial charge in [-0.2, -0.15) is 8.42 Å². The van der Waals surface area contributed by atoms with Gasteiger partial charge in [0.25, 0.3) is 0 Å². The minimum atomic E-state index is -3.81. The van der Waals surface area contributed by atoms with Crippen molar-refractivity contribution < 1.29 is 16.8 Å². The van der Waals surface area contributed by atoms with Crippen LogP contribution in [0, 0.1) is 17.8 Å². The fraction of sp³-hybridized carbons (Fsp3) is 0.714. The van der Waals surface area contributed by atoms with Crippen molar-refractivity contribution in [1.82, 2.24) is 0 Å². The molecule has 12 heavy (non-hydrogen) atoms. The highest BCUT2D eigenvalue weighted by atomic mass is 32.3. The van der Waals surface area contributed by atoms with Crippen LogP contribution in [0.15, 0.2) is 0 Å².